The van der Waals surface area contributed by atoms with Crippen LogP contribution in [0.25, 0.3) is 21.9 Å². The average Bonchev–Trinajstić information content (AvgIpc) is 2.70. The molecule has 0 bridgehead atoms. The Morgan fingerprint density at radius 1 is 1.41 bits per heavy atom. The fraction of sp³-hybridized carbons (Fsp3) is 0.167. The minimum atomic E-state index is -0.593. The second kappa shape index (κ2) is 3.35. The van der Waals surface area contributed by atoms with Crippen LogP contribution in [0.2, 0.25) is 0 Å². The third kappa shape index (κ3) is 1.32. The maximum Gasteiger partial charge on any atom is 0.339 e. The molecule has 0 aliphatic heterocycles. The van der Waals surface area contributed by atoms with E-state index in [1.165, 1.54) is 0 Å². The van der Waals surface area contributed by atoms with E-state index in [0.717, 1.165) is 23.6 Å². The first-order valence-corrected chi connectivity index (χ1v) is 5.24. The van der Waals surface area contributed by atoms with E-state index in [2.05, 4.69) is 5.16 Å². The van der Waals surface area contributed by atoms with E-state index in [0.29, 0.717) is 16.6 Å². The quantitative estimate of drug-likeness (QED) is 0.649. The molecule has 0 fully saturated rings. The van der Waals surface area contributed by atoms with Gasteiger partial charge in [0.25, 0.3) is 0 Å². The van der Waals surface area contributed by atoms with Crippen LogP contribution >= 0.6 is 0 Å². The normalized spacial score (nSPS) is 11.4. The van der Waals surface area contributed by atoms with Crippen molar-refractivity contribution < 1.29 is 14.0 Å². The summed E-state index contributed by atoms with van der Waals surface area (Å²) in [7, 11) is 0. The highest BCUT2D eigenvalue weighted by atomic mass is 16.5. The zero-order chi connectivity index (χ0) is 12.0. The highest BCUT2D eigenvalue weighted by Crippen LogP contribution is 2.32. The predicted molar refractivity (Wildman–Crippen MR) is 61.1 cm³/mol. The summed E-state index contributed by atoms with van der Waals surface area (Å²) in [6, 6.07) is 4.43. The Labute approximate surface area is 95.3 Å². The van der Waals surface area contributed by atoms with Crippen molar-refractivity contribution in [3.8, 4) is 5.75 Å². The van der Waals surface area contributed by atoms with Gasteiger partial charge in [0.1, 0.15) is 16.7 Å². The molecular formula is C12H9NO4. The lowest BCUT2D eigenvalue weighted by Crippen LogP contribution is -1.95. The standard InChI is InChI=1S/C12H9NO4/c1-2-7-6-3-4-9-11(12(6)17-13-7)8(14)5-10(15)16-9/h3-5,14H,2H2,1H3. The molecule has 17 heavy (non-hydrogen) atoms. The van der Waals surface area contributed by atoms with Crippen LogP contribution < -0.4 is 5.63 Å². The number of hydrogen-bond acceptors (Lipinski definition) is 5. The molecule has 0 saturated carbocycles. The van der Waals surface area contributed by atoms with Crippen molar-refractivity contribution in [1.29, 1.82) is 0 Å². The first-order chi connectivity index (χ1) is 8.20. The molecule has 0 atom stereocenters. The van der Waals surface area contributed by atoms with Crippen LogP contribution in [0.15, 0.2) is 31.9 Å². The molecule has 0 aliphatic rings. The van der Waals surface area contributed by atoms with Crippen LogP contribution in [-0.2, 0) is 6.42 Å². The lowest BCUT2D eigenvalue weighted by atomic mass is 10.1. The van der Waals surface area contributed by atoms with E-state index in [4.69, 9.17) is 8.94 Å². The molecular weight excluding hydrogens is 222 g/mol. The van der Waals surface area contributed by atoms with Crippen molar-refractivity contribution in [3.05, 3.63) is 34.3 Å². The predicted octanol–water partition coefficient (Wildman–Crippen LogP) is 2.20. The molecule has 86 valence electrons. The van der Waals surface area contributed by atoms with Crippen LogP contribution in [0, 0.1) is 0 Å². The van der Waals surface area contributed by atoms with Gasteiger partial charge in [-0.1, -0.05) is 12.1 Å². The molecule has 0 spiro atoms. The summed E-state index contributed by atoms with van der Waals surface area (Å²) < 4.78 is 10.2. The summed E-state index contributed by atoms with van der Waals surface area (Å²) in [6.07, 6.45) is 0.732. The van der Waals surface area contributed by atoms with Gasteiger partial charge in [-0.2, -0.15) is 0 Å². The summed E-state index contributed by atoms with van der Waals surface area (Å²) in [6.45, 7) is 1.96. The molecule has 3 aromatic rings. The number of fused-ring (bicyclic) bond motifs is 3. The van der Waals surface area contributed by atoms with Crippen molar-refractivity contribution in [1.82, 2.24) is 5.16 Å². The van der Waals surface area contributed by atoms with E-state index in [1.54, 1.807) is 12.1 Å². The molecule has 3 rings (SSSR count). The topological polar surface area (TPSA) is 76.5 Å². The van der Waals surface area contributed by atoms with Gasteiger partial charge in [-0.05, 0) is 18.6 Å². The Balaban J connectivity index is 2.56. The second-order valence-electron chi connectivity index (χ2n) is 3.75. The summed E-state index contributed by atoms with van der Waals surface area (Å²) in [5.74, 6) is -0.152. The summed E-state index contributed by atoms with van der Waals surface area (Å²) in [5, 5.41) is 14.9. The van der Waals surface area contributed by atoms with Crippen molar-refractivity contribution in [2.45, 2.75) is 13.3 Å². The first kappa shape index (κ1) is 9.89. The summed E-state index contributed by atoms with van der Waals surface area (Å²) in [4.78, 5) is 11.1. The number of hydrogen-bond donors (Lipinski definition) is 1. The van der Waals surface area contributed by atoms with E-state index < -0.39 is 5.63 Å². The number of nitrogens with zero attached hydrogens (tertiary/aromatic N) is 1. The van der Waals surface area contributed by atoms with Gasteiger partial charge < -0.3 is 14.0 Å². The molecule has 0 amide bonds. The van der Waals surface area contributed by atoms with E-state index in [1.807, 2.05) is 6.92 Å². The van der Waals surface area contributed by atoms with Gasteiger partial charge in [0.2, 0.25) is 0 Å². The molecule has 0 unspecified atom stereocenters. The second-order valence-corrected chi connectivity index (χ2v) is 3.75. The summed E-state index contributed by atoms with van der Waals surface area (Å²) in [5.41, 5.74) is 0.957. The van der Waals surface area contributed by atoms with Crippen molar-refractivity contribution in [3.63, 3.8) is 0 Å². The van der Waals surface area contributed by atoms with Crippen molar-refractivity contribution >= 4 is 21.9 Å². The fourth-order valence-corrected chi connectivity index (χ4v) is 1.94. The van der Waals surface area contributed by atoms with Gasteiger partial charge in [-0.15, -0.1) is 0 Å². The number of aromatic hydroxyl groups is 1. The summed E-state index contributed by atoms with van der Waals surface area (Å²) >= 11 is 0. The minimum Gasteiger partial charge on any atom is -0.507 e. The number of aromatic nitrogens is 1. The number of aryl methyl sites for hydroxylation is 1. The minimum absolute atomic E-state index is 0.152. The monoisotopic (exact) mass is 231 g/mol. The molecule has 0 aliphatic carbocycles. The average molecular weight is 231 g/mol. The van der Waals surface area contributed by atoms with Crippen LogP contribution in [0.4, 0.5) is 0 Å². The van der Waals surface area contributed by atoms with Gasteiger partial charge in [0.05, 0.1) is 11.8 Å². The van der Waals surface area contributed by atoms with Crippen LogP contribution in [0.3, 0.4) is 0 Å². The van der Waals surface area contributed by atoms with Crippen LogP contribution in [0.5, 0.6) is 5.75 Å². The number of rotatable bonds is 1. The van der Waals surface area contributed by atoms with Gasteiger partial charge in [0, 0.05) is 5.39 Å². The number of benzene rings is 1. The highest BCUT2D eigenvalue weighted by Gasteiger charge is 2.14. The van der Waals surface area contributed by atoms with E-state index in [9.17, 15) is 9.90 Å². The fourth-order valence-electron chi connectivity index (χ4n) is 1.94. The molecule has 1 aromatic carbocycles. The molecule has 5 nitrogen and oxygen atoms in total. The van der Waals surface area contributed by atoms with Crippen LogP contribution in [0.1, 0.15) is 12.6 Å². The molecule has 2 aromatic heterocycles. The van der Waals surface area contributed by atoms with Crippen molar-refractivity contribution in [2.24, 2.45) is 0 Å². The Morgan fingerprint density at radius 2 is 2.24 bits per heavy atom. The van der Waals surface area contributed by atoms with Gasteiger partial charge in [-0.25, -0.2) is 4.79 Å². The Kier molecular flexibility index (Phi) is 1.95. The Hall–Kier alpha value is -2.30. The molecule has 5 heteroatoms. The zero-order valence-corrected chi connectivity index (χ0v) is 9.06. The van der Waals surface area contributed by atoms with Crippen LogP contribution in [-0.4, -0.2) is 10.3 Å². The Bertz CT molecular complexity index is 769. The lowest BCUT2D eigenvalue weighted by Gasteiger charge is -1.98. The van der Waals surface area contributed by atoms with Gasteiger partial charge in [-0.3, -0.25) is 0 Å². The van der Waals surface area contributed by atoms with Gasteiger partial charge in [0.15, 0.2) is 5.58 Å². The van der Waals surface area contributed by atoms with Gasteiger partial charge >= 0.3 is 5.63 Å². The first-order valence-electron chi connectivity index (χ1n) is 5.24. The Morgan fingerprint density at radius 3 is 3.00 bits per heavy atom. The molecule has 2 heterocycles. The lowest BCUT2D eigenvalue weighted by molar-refractivity contribution is 0.443. The highest BCUT2D eigenvalue weighted by molar-refractivity contribution is 6.05. The zero-order valence-electron chi connectivity index (χ0n) is 9.06. The maximum atomic E-state index is 11.1. The largest absolute Gasteiger partial charge is 0.507 e. The SMILES string of the molecule is CCc1noc2c1ccc1oc(=O)cc(O)c12. The molecule has 1 N–H and O–H groups in total. The maximum absolute atomic E-state index is 11.1. The third-order valence-electron chi connectivity index (χ3n) is 2.73. The van der Waals surface area contributed by atoms with E-state index in [-0.39, 0.29) is 5.75 Å². The third-order valence-corrected chi connectivity index (χ3v) is 2.73. The molecule has 0 saturated heterocycles. The van der Waals surface area contributed by atoms with Crippen molar-refractivity contribution in [2.75, 3.05) is 0 Å². The van der Waals surface area contributed by atoms with E-state index >= 15 is 0 Å². The molecule has 0 radical (unpaired) electrons. The smallest absolute Gasteiger partial charge is 0.339 e.